The maximum absolute atomic E-state index is 4.27. The van der Waals surface area contributed by atoms with Crippen molar-refractivity contribution >= 4 is 5.95 Å². The maximum Gasteiger partial charge on any atom is 0.224 e. The highest BCUT2D eigenvalue weighted by Crippen LogP contribution is 2.36. The van der Waals surface area contributed by atoms with Gasteiger partial charge in [0, 0.05) is 19.0 Å². The molecule has 13 heavy (non-hydrogen) atoms. The Morgan fingerprint density at radius 2 is 2.15 bits per heavy atom. The standard InChI is InChI=1S/C9H14N4/c1-3-7(4-1)8-11-12-9-10-5-2-6-13(8)9/h7H,1-6H2,(H,10,12). The van der Waals surface area contributed by atoms with Gasteiger partial charge in [0.1, 0.15) is 5.82 Å². The predicted octanol–water partition coefficient (Wildman–Crippen LogP) is 1.36. The van der Waals surface area contributed by atoms with E-state index in [4.69, 9.17) is 0 Å². The van der Waals surface area contributed by atoms with Crippen molar-refractivity contribution in [2.24, 2.45) is 0 Å². The number of rotatable bonds is 1. The summed E-state index contributed by atoms with van der Waals surface area (Å²) < 4.78 is 2.26. The summed E-state index contributed by atoms with van der Waals surface area (Å²) >= 11 is 0. The lowest BCUT2D eigenvalue weighted by Crippen LogP contribution is -2.21. The molecule has 1 aliphatic heterocycles. The fourth-order valence-corrected chi connectivity index (χ4v) is 2.07. The van der Waals surface area contributed by atoms with Crippen LogP contribution in [0.5, 0.6) is 0 Å². The molecule has 2 heterocycles. The summed E-state index contributed by atoms with van der Waals surface area (Å²) in [6, 6.07) is 0. The van der Waals surface area contributed by atoms with Crippen LogP contribution in [0.4, 0.5) is 5.95 Å². The van der Waals surface area contributed by atoms with Crippen LogP contribution in [-0.2, 0) is 6.54 Å². The fourth-order valence-electron chi connectivity index (χ4n) is 2.07. The minimum atomic E-state index is 0.696. The second-order valence-electron chi connectivity index (χ2n) is 3.94. The first-order valence-corrected chi connectivity index (χ1v) is 5.12. The number of anilines is 1. The summed E-state index contributed by atoms with van der Waals surface area (Å²) in [5.41, 5.74) is 0. The molecule has 0 atom stereocenters. The van der Waals surface area contributed by atoms with Gasteiger partial charge in [-0.2, -0.15) is 0 Å². The van der Waals surface area contributed by atoms with Crippen LogP contribution in [0.2, 0.25) is 0 Å². The van der Waals surface area contributed by atoms with E-state index in [1.54, 1.807) is 0 Å². The Morgan fingerprint density at radius 1 is 1.23 bits per heavy atom. The van der Waals surface area contributed by atoms with Gasteiger partial charge in [-0.25, -0.2) is 0 Å². The molecule has 0 saturated heterocycles. The molecular formula is C9H14N4. The van der Waals surface area contributed by atoms with Gasteiger partial charge in [-0.1, -0.05) is 6.42 Å². The van der Waals surface area contributed by atoms with Gasteiger partial charge in [0.05, 0.1) is 0 Å². The molecule has 70 valence electrons. The summed E-state index contributed by atoms with van der Waals surface area (Å²) in [6.07, 6.45) is 5.17. The van der Waals surface area contributed by atoms with Crippen molar-refractivity contribution < 1.29 is 0 Å². The molecule has 4 nitrogen and oxygen atoms in total. The average molecular weight is 178 g/mol. The molecule has 0 unspecified atom stereocenters. The van der Waals surface area contributed by atoms with Crippen molar-refractivity contribution in [3.05, 3.63) is 5.82 Å². The topological polar surface area (TPSA) is 42.7 Å². The van der Waals surface area contributed by atoms with Gasteiger partial charge in [0.2, 0.25) is 5.95 Å². The van der Waals surface area contributed by atoms with E-state index in [-0.39, 0.29) is 0 Å². The van der Waals surface area contributed by atoms with E-state index in [9.17, 15) is 0 Å². The molecule has 1 N–H and O–H groups in total. The predicted molar refractivity (Wildman–Crippen MR) is 49.7 cm³/mol. The third kappa shape index (κ3) is 1.04. The van der Waals surface area contributed by atoms with Crippen molar-refractivity contribution in [2.75, 3.05) is 11.9 Å². The van der Waals surface area contributed by atoms with Gasteiger partial charge in [0.15, 0.2) is 0 Å². The Hall–Kier alpha value is -1.06. The highest BCUT2D eigenvalue weighted by molar-refractivity contribution is 5.28. The highest BCUT2D eigenvalue weighted by Gasteiger charge is 2.27. The lowest BCUT2D eigenvalue weighted by molar-refractivity contribution is 0.384. The average Bonchev–Trinajstić information content (AvgIpc) is 2.47. The smallest absolute Gasteiger partial charge is 0.224 e. The molecule has 0 radical (unpaired) electrons. The number of aromatic nitrogens is 3. The summed E-state index contributed by atoms with van der Waals surface area (Å²) in [7, 11) is 0. The van der Waals surface area contributed by atoms with Crippen molar-refractivity contribution in [1.82, 2.24) is 14.8 Å². The Balaban J connectivity index is 1.95. The van der Waals surface area contributed by atoms with Gasteiger partial charge in [0.25, 0.3) is 0 Å². The van der Waals surface area contributed by atoms with Gasteiger partial charge < -0.3 is 5.32 Å². The molecule has 1 aliphatic carbocycles. The molecule has 0 aromatic carbocycles. The van der Waals surface area contributed by atoms with Crippen LogP contribution < -0.4 is 5.32 Å². The third-order valence-corrected chi connectivity index (χ3v) is 3.09. The largest absolute Gasteiger partial charge is 0.354 e. The number of nitrogens with zero attached hydrogens (tertiary/aromatic N) is 3. The minimum absolute atomic E-state index is 0.696. The van der Waals surface area contributed by atoms with Crippen molar-refractivity contribution in [1.29, 1.82) is 0 Å². The Morgan fingerprint density at radius 3 is 2.92 bits per heavy atom. The first kappa shape index (κ1) is 7.35. The normalized spacial score (nSPS) is 21.8. The van der Waals surface area contributed by atoms with Crippen LogP contribution in [0.25, 0.3) is 0 Å². The molecule has 2 aliphatic rings. The van der Waals surface area contributed by atoms with Crippen LogP contribution in [-0.4, -0.2) is 21.3 Å². The molecule has 4 heteroatoms. The zero-order valence-electron chi connectivity index (χ0n) is 7.66. The van der Waals surface area contributed by atoms with E-state index >= 15 is 0 Å². The maximum atomic E-state index is 4.27. The lowest BCUT2D eigenvalue weighted by atomic mass is 9.85. The third-order valence-electron chi connectivity index (χ3n) is 3.09. The molecule has 1 aromatic heterocycles. The van der Waals surface area contributed by atoms with E-state index < -0.39 is 0 Å². The molecule has 0 bridgehead atoms. The van der Waals surface area contributed by atoms with Gasteiger partial charge >= 0.3 is 0 Å². The van der Waals surface area contributed by atoms with Crippen molar-refractivity contribution in [3.63, 3.8) is 0 Å². The minimum Gasteiger partial charge on any atom is -0.354 e. The monoisotopic (exact) mass is 178 g/mol. The van der Waals surface area contributed by atoms with E-state index in [1.165, 1.54) is 31.5 Å². The van der Waals surface area contributed by atoms with Crippen LogP contribution >= 0.6 is 0 Å². The van der Waals surface area contributed by atoms with Crippen molar-refractivity contribution in [3.8, 4) is 0 Å². The van der Waals surface area contributed by atoms with Crippen LogP contribution in [0.15, 0.2) is 0 Å². The summed E-state index contributed by atoms with van der Waals surface area (Å²) in [5, 5.41) is 11.7. The van der Waals surface area contributed by atoms with Crippen LogP contribution in [0, 0.1) is 0 Å². The Kier molecular flexibility index (Phi) is 1.54. The molecule has 0 amide bonds. The second-order valence-corrected chi connectivity index (χ2v) is 3.94. The quantitative estimate of drug-likeness (QED) is 0.706. The zero-order valence-corrected chi connectivity index (χ0v) is 7.66. The fraction of sp³-hybridized carbons (Fsp3) is 0.778. The van der Waals surface area contributed by atoms with E-state index in [0.717, 1.165) is 19.0 Å². The van der Waals surface area contributed by atoms with Crippen molar-refractivity contribution in [2.45, 2.75) is 38.1 Å². The molecular weight excluding hydrogens is 164 g/mol. The van der Waals surface area contributed by atoms with E-state index in [1.807, 2.05) is 0 Å². The van der Waals surface area contributed by atoms with Crippen LogP contribution in [0.3, 0.4) is 0 Å². The molecule has 1 aromatic rings. The van der Waals surface area contributed by atoms with Gasteiger partial charge in [-0.15, -0.1) is 10.2 Å². The number of fused-ring (bicyclic) bond motifs is 1. The molecule has 1 saturated carbocycles. The molecule has 3 rings (SSSR count). The van der Waals surface area contributed by atoms with Crippen LogP contribution in [0.1, 0.15) is 37.4 Å². The molecule has 1 fully saturated rings. The second kappa shape index (κ2) is 2.72. The summed E-state index contributed by atoms with van der Waals surface area (Å²) in [4.78, 5) is 0. The molecule has 0 spiro atoms. The number of hydrogen-bond acceptors (Lipinski definition) is 3. The van der Waals surface area contributed by atoms with Gasteiger partial charge in [-0.05, 0) is 19.3 Å². The lowest BCUT2D eigenvalue weighted by Gasteiger charge is -2.26. The van der Waals surface area contributed by atoms with E-state index in [0.29, 0.717) is 5.92 Å². The highest BCUT2D eigenvalue weighted by atomic mass is 15.4. The summed E-state index contributed by atoms with van der Waals surface area (Å²) in [6.45, 7) is 2.14. The zero-order chi connectivity index (χ0) is 8.67. The Labute approximate surface area is 77.4 Å². The first-order chi connectivity index (χ1) is 6.45. The first-order valence-electron chi connectivity index (χ1n) is 5.12. The number of hydrogen-bond donors (Lipinski definition) is 1. The van der Waals surface area contributed by atoms with E-state index in [2.05, 4.69) is 20.1 Å². The Bertz CT molecular complexity index is 313. The SMILES string of the molecule is C1CC(c2nnc3n2CCCN3)C1. The summed E-state index contributed by atoms with van der Waals surface area (Å²) in [5.74, 6) is 2.89. The number of nitrogens with one attached hydrogen (secondary N) is 1. The van der Waals surface area contributed by atoms with Gasteiger partial charge in [-0.3, -0.25) is 4.57 Å².